The molecule has 5 rings (SSSR count). The van der Waals surface area contributed by atoms with E-state index in [2.05, 4.69) is 10.6 Å². The van der Waals surface area contributed by atoms with E-state index in [1.807, 2.05) is 20.8 Å². The average molecular weight is 803 g/mol. The number of hydrogen-bond acceptors (Lipinski definition) is 13. The third kappa shape index (κ3) is 7.28. The largest absolute Gasteiger partial charge is 0.456 e. The van der Waals surface area contributed by atoms with Crippen LogP contribution in [-0.2, 0) is 33.3 Å². The van der Waals surface area contributed by atoms with Gasteiger partial charge < -0.3 is 50.0 Å². The van der Waals surface area contributed by atoms with Crippen LogP contribution < -0.4 is 10.6 Å². The molecule has 0 spiro atoms. The van der Waals surface area contributed by atoms with Gasteiger partial charge in [-0.1, -0.05) is 52.8 Å². The molecule has 3 fully saturated rings. The number of ketones is 1. The van der Waals surface area contributed by atoms with Gasteiger partial charge in [0.25, 0.3) is 0 Å². The highest BCUT2D eigenvalue weighted by atomic mass is 32.1. The van der Waals surface area contributed by atoms with Crippen LogP contribution in [0, 0.1) is 22.2 Å². The van der Waals surface area contributed by atoms with Gasteiger partial charge in [-0.2, -0.15) is 0 Å². The maximum atomic E-state index is 14.9. The second-order valence-corrected chi connectivity index (χ2v) is 19.1. The maximum absolute atomic E-state index is 14.9. The average Bonchev–Trinajstić information content (AvgIpc) is 3.07. The first-order valence-corrected chi connectivity index (χ1v) is 19.4. The number of thiocarbonyl (C=S) groups is 1. The lowest BCUT2D eigenvalue weighted by Crippen LogP contribution is -2.81. The van der Waals surface area contributed by atoms with Crippen molar-refractivity contribution in [2.24, 2.45) is 22.2 Å². The van der Waals surface area contributed by atoms with E-state index in [4.69, 9.17) is 31.2 Å². The normalized spacial score (nSPS) is 34.9. The lowest BCUT2D eigenvalue weighted by Gasteiger charge is -2.67. The number of ether oxygens (including phenoxy) is 4. The van der Waals surface area contributed by atoms with Crippen LogP contribution in [0.2, 0.25) is 0 Å². The van der Waals surface area contributed by atoms with Crippen LogP contribution in [0.3, 0.4) is 0 Å². The van der Waals surface area contributed by atoms with Crippen LogP contribution in [0.15, 0.2) is 41.5 Å². The molecular formula is C41H58N2O12S. The summed E-state index contributed by atoms with van der Waals surface area (Å²) in [5.41, 5.74) is -8.39. The zero-order valence-corrected chi connectivity index (χ0v) is 34.9. The van der Waals surface area contributed by atoms with Crippen molar-refractivity contribution in [3.8, 4) is 0 Å². The summed E-state index contributed by atoms with van der Waals surface area (Å²) < 4.78 is 24.2. The van der Waals surface area contributed by atoms with Crippen LogP contribution in [-0.4, -0.2) is 115 Å². The van der Waals surface area contributed by atoms with Crippen molar-refractivity contribution < 1.29 is 58.6 Å². The molecule has 15 heteroatoms. The molecule has 2 bridgehead atoms. The fraction of sp³-hybridized carbons (Fsp3) is 0.683. The molecule has 14 nitrogen and oxygen atoms in total. The van der Waals surface area contributed by atoms with Crippen LogP contribution in [0.1, 0.15) is 99.4 Å². The summed E-state index contributed by atoms with van der Waals surface area (Å²) >= 11 is 5.50. The molecule has 0 amide bonds. The summed E-state index contributed by atoms with van der Waals surface area (Å²) in [6.07, 6.45) is -9.95. The van der Waals surface area contributed by atoms with Crippen molar-refractivity contribution in [1.82, 2.24) is 10.6 Å². The molecule has 4 aliphatic rings. The minimum atomic E-state index is -2.29. The smallest absolute Gasteiger partial charge is 0.338 e. The Morgan fingerprint density at radius 1 is 1.02 bits per heavy atom. The minimum Gasteiger partial charge on any atom is -0.456 e. The van der Waals surface area contributed by atoms with Crippen molar-refractivity contribution in [3.63, 3.8) is 0 Å². The number of benzene rings is 1. The van der Waals surface area contributed by atoms with E-state index in [-0.39, 0.29) is 34.8 Å². The van der Waals surface area contributed by atoms with Gasteiger partial charge in [-0.25, -0.2) is 9.59 Å². The number of aliphatic hydroxyl groups is 4. The lowest BCUT2D eigenvalue weighted by atomic mass is 9.44. The van der Waals surface area contributed by atoms with Gasteiger partial charge in [-0.15, -0.1) is 0 Å². The number of fused-ring (bicyclic) bond motifs is 5. The highest BCUT2D eigenvalue weighted by Crippen LogP contribution is 2.64. The fourth-order valence-corrected chi connectivity index (χ4v) is 9.84. The molecule has 3 aliphatic carbocycles. The van der Waals surface area contributed by atoms with Gasteiger partial charge in [0.05, 0.1) is 35.6 Å². The van der Waals surface area contributed by atoms with Crippen molar-refractivity contribution in [1.29, 1.82) is 0 Å². The van der Waals surface area contributed by atoms with Crippen molar-refractivity contribution in [2.75, 3.05) is 6.61 Å². The Kier molecular flexibility index (Phi) is 11.5. The molecule has 2 saturated carbocycles. The lowest BCUT2D eigenvalue weighted by molar-refractivity contribution is -0.346. The van der Waals surface area contributed by atoms with Gasteiger partial charge in [0, 0.05) is 30.7 Å². The van der Waals surface area contributed by atoms with Crippen LogP contribution in [0.4, 0.5) is 0 Å². The van der Waals surface area contributed by atoms with E-state index in [0.29, 0.717) is 0 Å². The first-order chi connectivity index (χ1) is 25.6. The summed E-state index contributed by atoms with van der Waals surface area (Å²) in [6.45, 7) is 18.2. The molecule has 1 aliphatic heterocycles. The van der Waals surface area contributed by atoms with Gasteiger partial charge in [0.2, 0.25) is 0 Å². The Labute approximate surface area is 333 Å². The molecule has 11 atom stereocenters. The standard InChI is InChI=1S/C41H58N2O12S/c1-20-23(53-34(50)28(47)30(36(3,4)5)42-35(56)43-37(6,7)8)18-41(51)32(54-33(49)22-15-13-12-14-16-22)29-39(11,31(48)27(46)26(20)38(41,9)10)24(45)17-25-40(29,19-52-25)55-21(2)44/h12-16,23-25,27-30,32,45-47,51H,17-19H2,1-11H3,(H2,42,43,56)/t23-,24-,25+,27+,28+,29-,30+,32-,39+,40-,41+/m0/s1. The fourth-order valence-electron chi connectivity index (χ4n) is 9.41. The molecule has 56 heavy (non-hydrogen) atoms. The third-order valence-electron chi connectivity index (χ3n) is 12.4. The molecular weight excluding hydrogens is 745 g/mol. The molecule has 6 N–H and O–H groups in total. The molecule has 0 aromatic heterocycles. The number of esters is 3. The van der Waals surface area contributed by atoms with E-state index in [0.717, 1.165) is 0 Å². The van der Waals surface area contributed by atoms with E-state index >= 15 is 0 Å². The van der Waals surface area contributed by atoms with Crippen LogP contribution in [0.25, 0.3) is 0 Å². The summed E-state index contributed by atoms with van der Waals surface area (Å²) in [5.74, 6) is -5.07. The molecule has 1 aromatic rings. The van der Waals surface area contributed by atoms with Crippen molar-refractivity contribution in [2.45, 2.75) is 148 Å². The maximum Gasteiger partial charge on any atom is 0.338 e. The molecule has 310 valence electrons. The van der Waals surface area contributed by atoms with Gasteiger partial charge in [0.15, 0.2) is 22.6 Å². The number of nitrogens with one attached hydrogen (secondary N) is 2. The number of Topliss-reactive ketones (excluding diaryl/α,β-unsaturated/α-hetero) is 1. The first-order valence-electron chi connectivity index (χ1n) is 19.0. The highest BCUT2D eigenvalue weighted by molar-refractivity contribution is 7.80. The Bertz CT molecular complexity index is 1790. The quantitative estimate of drug-likeness (QED) is 0.101. The zero-order valence-electron chi connectivity index (χ0n) is 34.1. The highest BCUT2D eigenvalue weighted by Gasteiger charge is 2.78. The summed E-state index contributed by atoms with van der Waals surface area (Å²) in [4.78, 5) is 55.9. The van der Waals surface area contributed by atoms with Gasteiger partial charge in [-0.3, -0.25) is 9.59 Å². The third-order valence-corrected chi connectivity index (χ3v) is 12.7. The minimum absolute atomic E-state index is 0.00857. The summed E-state index contributed by atoms with van der Waals surface area (Å²) in [6, 6.07) is 6.99. The van der Waals surface area contributed by atoms with Crippen molar-refractivity contribution in [3.05, 3.63) is 47.0 Å². The monoisotopic (exact) mass is 802 g/mol. The van der Waals surface area contributed by atoms with E-state index in [1.165, 1.54) is 26.0 Å². The second kappa shape index (κ2) is 14.7. The number of carbonyl (C=O) groups excluding carboxylic acids is 4. The molecule has 0 radical (unpaired) electrons. The molecule has 1 saturated heterocycles. The van der Waals surface area contributed by atoms with Gasteiger partial charge >= 0.3 is 17.9 Å². The Balaban J connectivity index is 1.67. The number of carbonyl (C=O) groups is 4. The molecule has 1 heterocycles. The number of hydrogen-bond donors (Lipinski definition) is 6. The predicted molar refractivity (Wildman–Crippen MR) is 207 cm³/mol. The van der Waals surface area contributed by atoms with E-state index in [1.54, 1.807) is 59.7 Å². The van der Waals surface area contributed by atoms with Gasteiger partial charge in [-0.05, 0) is 75.5 Å². The van der Waals surface area contributed by atoms with Gasteiger partial charge in [0.1, 0.15) is 30.0 Å². The molecule has 0 unspecified atom stereocenters. The number of rotatable bonds is 7. The van der Waals surface area contributed by atoms with Crippen LogP contribution >= 0.6 is 12.2 Å². The Morgan fingerprint density at radius 3 is 2.14 bits per heavy atom. The summed E-state index contributed by atoms with van der Waals surface area (Å²) in [7, 11) is 0. The Hall–Kier alpha value is -3.47. The SMILES string of the molecule is CC(=O)O[C@@]12CO[C@@H]1C[C@H](O)[C@@]1(C)C(=O)[C@H](O)C3=C(C)[C@@H](OC(=O)[C@H](O)[C@@H](NC(=S)NC(C)(C)C)C(C)(C)C)C[C@@](O)([C@@H](OC(=O)c4ccccc4)[C@H]21)C3(C)C. The first kappa shape index (κ1) is 43.6. The van der Waals surface area contributed by atoms with E-state index in [9.17, 15) is 39.6 Å². The summed E-state index contributed by atoms with van der Waals surface area (Å²) in [5, 5.41) is 55.3. The predicted octanol–water partition coefficient (Wildman–Crippen LogP) is 2.67. The van der Waals surface area contributed by atoms with Crippen LogP contribution in [0.5, 0.6) is 0 Å². The topological polar surface area (TPSA) is 210 Å². The second-order valence-electron chi connectivity index (χ2n) is 18.7. The zero-order chi connectivity index (χ0) is 42.1. The van der Waals surface area contributed by atoms with Crippen molar-refractivity contribution >= 4 is 41.0 Å². The Morgan fingerprint density at radius 2 is 1.62 bits per heavy atom. The van der Waals surface area contributed by atoms with E-state index < -0.39 is 112 Å². The molecule has 1 aromatic carbocycles. The number of aliphatic hydroxyl groups excluding tert-OH is 3.